The number of oxazole rings is 1. The minimum absolute atomic E-state index is 0.117. The Morgan fingerprint density at radius 2 is 1.71 bits per heavy atom. The zero-order valence-electron chi connectivity index (χ0n) is 12.8. The van der Waals surface area contributed by atoms with Crippen molar-refractivity contribution in [2.45, 2.75) is 0 Å². The highest BCUT2D eigenvalue weighted by atomic mass is 16.5. The summed E-state index contributed by atoms with van der Waals surface area (Å²) in [6, 6.07) is 16.6. The maximum atomic E-state index is 12.3. The van der Waals surface area contributed by atoms with Crippen LogP contribution in [0.5, 0.6) is 5.75 Å². The van der Waals surface area contributed by atoms with Gasteiger partial charge in [-0.3, -0.25) is 4.79 Å². The number of aromatic amines is 1. The number of methoxy groups -OCH3 is 1. The van der Waals surface area contributed by atoms with Gasteiger partial charge in [0, 0.05) is 11.1 Å². The molecule has 0 saturated heterocycles. The second-order valence-electron chi connectivity index (χ2n) is 5.18. The molecule has 1 N–H and O–H groups in total. The zero-order valence-corrected chi connectivity index (χ0v) is 12.8. The standard InChI is InChI=1S/C18H13N3O3/c1-23-13-9-7-11(8-10-13)15-19-16-14(17(22)20-15)24-18(21-16)12-5-3-2-4-6-12/h2-10H,1H3,(H,19,20,22). The van der Waals surface area contributed by atoms with Crippen LogP contribution in [0.1, 0.15) is 0 Å². The largest absolute Gasteiger partial charge is 0.497 e. The lowest BCUT2D eigenvalue weighted by Crippen LogP contribution is -2.08. The maximum absolute atomic E-state index is 12.3. The molecule has 4 aromatic rings. The lowest BCUT2D eigenvalue weighted by Gasteiger charge is -2.02. The molecule has 2 aromatic carbocycles. The van der Waals surface area contributed by atoms with Crippen molar-refractivity contribution in [1.29, 1.82) is 0 Å². The van der Waals surface area contributed by atoms with Gasteiger partial charge in [-0.05, 0) is 36.4 Å². The first-order valence-electron chi connectivity index (χ1n) is 7.35. The number of nitrogens with one attached hydrogen (secondary N) is 1. The number of hydrogen-bond acceptors (Lipinski definition) is 5. The van der Waals surface area contributed by atoms with Crippen LogP contribution in [0.15, 0.2) is 63.8 Å². The third kappa shape index (κ3) is 2.44. The van der Waals surface area contributed by atoms with Gasteiger partial charge in [0.25, 0.3) is 5.56 Å². The van der Waals surface area contributed by atoms with Crippen LogP contribution < -0.4 is 10.3 Å². The molecule has 6 nitrogen and oxygen atoms in total. The summed E-state index contributed by atoms with van der Waals surface area (Å²) < 4.78 is 10.7. The van der Waals surface area contributed by atoms with Crippen molar-refractivity contribution in [2.75, 3.05) is 7.11 Å². The molecule has 2 heterocycles. The molecular weight excluding hydrogens is 306 g/mol. The highest BCUT2D eigenvalue weighted by Crippen LogP contribution is 2.23. The first kappa shape index (κ1) is 14.2. The highest BCUT2D eigenvalue weighted by molar-refractivity contribution is 5.73. The van der Waals surface area contributed by atoms with Crippen LogP contribution in [-0.4, -0.2) is 22.1 Å². The molecule has 0 aliphatic rings. The molecule has 118 valence electrons. The molecule has 0 unspecified atom stereocenters. The van der Waals surface area contributed by atoms with Crippen molar-refractivity contribution in [3.05, 3.63) is 65.0 Å². The molecule has 6 heteroatoms. The number of fused-ring (bicyclic) bond motifs is 1. The number of benzene rings is 2. The minimum atomic E-state index is -0.361. The molecule has 0 fully saturated rings. The van der Waals surface area contributed by atoms with Crippen LogP contribution >= 0.6 is 0 Å². The fourth-order valence-corrected chi connectivity index (χ4v) is 2.42. The first-order chi connectivity index (χ1) is 11.7. The van der Waals surface area contributed by atoms with Gasteiger partial charge in [-0.15, -0.1) is 0 Å². The quantitative estimate of drug-likeness (QED) is 0.627. The average Bonchev–Trinajstić information content (AvgIpc) is 3.07. The molecule has 0 bridgehead atoms. The van der Waals surface area contributed by atoms with E-state index in [0.717, 1.165) is 16.9 Å². The fourth-order valence-electron chi connectivity index (χ4n) is 2.42. The number of H-pyrrole nitrogens is 1. The Balaban J connectivity index is 1.83. The Kier molecular flexibility index (Phi) is 3.35. The van der Waals surface area contributed by atoms with Crippen LogP contribution in [0.2, 0.25) is 0 Å². The van der Waals surface area contributed by atoms with Gasteiger partial charge in [-0.1, -0.05) is 18.2 Å². The fraction of sp³-hybridized carbons (Fsp3) is 0.0556. The van der Waals surface area contributed by atoms with E-state index in [0.29, 0.717) is 11.7 Å². The van der Waals surface area contributed by atoms with Crippen molar-refractivity contribution in [3.8, 4) is 28.6 Å². The average molecular weight is 319 g/mol. The van der Waals surface area contributed by atoms with Crippen molar-refractivity contribution in [1.82, 2.24) is 15.0 Å². The third-order valence-corrected chi connectivity index (χ3v) is 3.65. The topological polar surface area (TPSA) is 81.0 Å². The van der Waals surface area contributed by atoms with Crippen molar-refractivity contribution >= 4 is 11.2 Å². The van der Waals surface area contributed by atoms with Crippen LogP contribution in [0.4, 0.5) is 0 Å². The number of hydrogen-bond donors (Lipinski definition) is 1. The second kappa shape index (κ2) is 5.66. The number of aromatic nitrogens is 3. The summed E-state index contributed by atoms with van der Waals surface area (Å²) in [5, 5.41) is 0. The predicted molar refractivity (Wildman–Crippen MR) is 89.8 cm³/mol. The highest BCUT2D eigenvalue weighted by Gasteiger charge is 2.14. The third-order valence-electron chi connectivity index (χ3n) is 3.65. The normalized spacial score (nSPS) is 10.9. The van der Waals surface area contributed by atoms with E-state index in [2.05, 4.69) is 15.0 Å². The second-order valence-corrected chi connectivity index (χ2v) is 5.18. The molecule has 0 radical (unpaired) electrons. The van der Waals surface area contributed by atoms with E-state index in [-0.39, 0.29) is 16.8 Å². The summed E-state index contributed by atoms with van der Waals surface area (Å²) in [6.45, 7) is 0. The lowest BCUT2D eigenvalue weighted by atomic mass is 10.2. The van der Waals surface area contributed by atoms with Gasteiger partial charge in [0.2, 0.25) is 17.1 Å². The molecule has 0 saturated carbocycles. The van der Waals surface area contributed by atoms with Crippen LogP contribution in [0, 0.1) is 0 Å². The van der Waals surface area contributed by atoms with Crippen LogP contribution in [0.3, 0.4) is 0 Å². The van der Waals surface area contributed by atoms with Gasteiger partial charge in [0.05, 0.1) is 7.11 Å². The monoisotopic (exact) mass is 319 g/mol. The Morgan fingerprint density at radius 1 is 0.958 bits per heavy atom. The van der Waals surface area contributed by atoms with E-state index in [4.69, 9.17) is 9.15 Å². The molecule has 0 amide bonds. The Bertz CT molecular complexity index is 1050. The molecule has 0 aliphatic heterocycles. The maximum Gasteiger partial charge on any atom is 0.296 e. The molecule has 0 atom stereocenters. The van der Waals surface area contributed by atoms with E-state index >= 15 is 0 Å². The summed E-state index contributed by atoms with van der Waals surface area (Å²) in [5.74, 6) is 1.54. The van der Waals surface area contributed by atoms with Gasteiger partial charge in [-0.2, -0.15) is 4.98 Å². The summed E-state index contributed by atoms with van der Waals surface area (Å²) in [6.07, 6.45) is 0. The predicted octanol–water partition coefficient (Wildman–Crippen LogP) is 3.25. The SMILES string of the molecule is COc1ccc(-c2nc3nc(-c4ccccc4)oc3c(=O)[nH]2)cc1. The van der Waals surface area contributed by atoms with Crippen LogP contribution in [0.25, 0.3) is 34.1 Å². The van der Waals surface area contributed by atoms with Gasteiger partial charge in [-0.25, -0.2) is 4.98 Å². The van der Waals surface area contributed by atoms with E-state index in [1.165, 1.54) is 0 Å². The molecule has 4 rings (SSSR count). The van der Waals surface area contributed by atoms with E-state index < -0.39 is 0 Å². The number of ether oxygens (including phenoxy) is 1. The Morgan fingerprint density at radius 3 is 2.42 bits per heavy atom. The number of rotatable bonds is 3. The summed E-state index contributed by atoms with van der Waals surface area (Å²) in [5.41, 5.74) is 1.59. The molecule has 2 aromatic heterocycles. The first-order valence-corrected chi connectivity index (χ1v) is 7.35. The van der Waals surface area contributed by atoms with Gasteiger partial charge >= 0.3 is 0 Å². The molecular formula is C18H13N3O3. The molecule has 0 aliphatic carbocycles. The summed E-state index contributed by atoms with van der Waals surface area (Å²) >= 11 is 0. The van der Waals surface area contributed by atoms with E-state index in [1.807, 2.05) is 42.5 Å². The van der Waals surface area contributed by atoms with Crippen molar-refractivity contribution < 1.29 is 9.15 Å². The van der Waals surface area contributed by atoms with Crippen molar-refractivity contribution in [3.63, 3.8) is 0 Å². The Hall–Kier alpha value is -3.41. The van der Waals surface area contributed by atoms with Gasteiger partial charge in [0.1, 0.15) is 11.6 Å². The molecule has 24 heavy (non-hydrogen) atoms. The zero-order chi connectivity index (χ0) is 16.5. The molecule has 0 spiro atoms. The van der Waals surface area contributed by atoms with E-state index in [9.17, 15) is 4.79 Å². The minimum Gasteiger partial charge on any atom is -0.497 e. The van der Waals surface area contributed by atoms with E-state index in [1.54, 1.807) is 19.2 Å². The summed E-state index contributed by atoms with van der Waals surface area (Å²) in [7, 11) is 1.60. The van der Waals surface area contributed by atoms with Gasteiger partial charge in [0.15, 0.2) is 0 Å². The van der Waals surface area contributed by atoms with Gasteiger partial charge < -0.3 is 14.1 Å². The number of nitrogens with zero attached hydrogens (tertiary/aromatic N) is 2. The Labute approximate surface area is 136 Å². The summed E-state index contributed by atoms with van der Waals surface area (Å²) in [4.78, 5) is 23.8. The lowest BCUT2D eigenvalue weighted by molar-refractivity contribution is 0.415. The smallest absolute Gasteiger partial charge is 0.296 e. The van der Waals surface area contributed by atoms with Crippen LogP contribution in [-0.2, 0) is 0 Å². The van der Waals surface area contributed by atoms with Crippen molar-refractivity contribution in [2.24, 2.45) is 0 Å².